The Morgan fingerprint density at radius 2 is 1.70 bits per heavy atom. The Morgan fingerprint density at radius 1 is 1.09 bits per heavy atom. The van der Waals surface area contributed by atoms with Crippen molar-refractivity contribution >= 4 is 18.0 Å². The number of hydrogen-bond donors (Lipinski definition) is 3. The molecule has 0 heterocycles. The standard InChI is InChI=1S/C25H28N2O6/c1-3-8-21(24(29)30)27-23(28)22(32-2)13-14-26-25(31)33-15-20-18-11-6-4-9-16(18)17-10-5-7-12-19(17)20/h3-7,9-12,20-22H,1,8,13-15H2,2H3,(H,26,31)(H,27,28)(H,29,30). The van der Waals surface area contributed by atoms with Crippen LogP contribution < -0.4 is 10.6 Å². The molecule has 0 saturated carbocycles. The van der Waals surface area contributed by atoms with Crippen LogP contribution in [0.25, 0.3) is 11.1 Å². The molecular formula is C25H28N2O6. The zero-order valence-electron chi connectivity index (χ0n) is 18.5. The maximum absolute atomic E-state index is 12.3. The second-order valence-corrected chi connectivity index (χ2v) is 7.69. The van der Waals surface area contributed by atoms with Gasteiger partial charge in [-0.1, -0.05) is 54.6 Å². The number of methoxy groups -OCH3 is 1. The van der Waals surface area contributed by atoms with Gasteiger partial charge in [-0.2, -0.15) is 0 Å². The van der Waals surface area contributed by atoms with Crippen molar-refractivity contribution in [3.63, 3.8) is 0 Å². The Kier molecular flexibility index (Phi) is 8.21. The number of carbonyl (C=O) groups excluding carboxylic acids is 2. The van der Waals surface area contributed by atoms with Crippen LogP contribution in [0.4, 0.5) is 4.79 Å². The maximum atomic E-state index is 12.3. The zero-order chi connectivity index (χ0) is 23.8. The van der Waals surface area contributed by atoms with Crippen molar-refractivity contribution in [1.82, 2.24) is 10.6 Å². The van der Waals surface area contributed by atoms with E-state index >= 15 is 0 Å². The average molecular weight is 453 g/mol. The molecule has 0 bridgehead atoms. The first-order valence-electron chi connectivity index (χ1n) is 10.7. The molecule has 2 aromatic rings. The summed E-state index contributed by atoms with van der Waals surface area (Å²) in [5, 5.41) is 14.2. The number of hydrogen-bond acceptors (Lipinski definition) is 5. The minimum atomic E-state index is -1.16. The van der Waals surface area contributed by atoms with E-state index in [0.717, 1.165) is 22.3 Å². The Bertz CT molecular complexity index is 976. The van der Waals surface area contributed by atoms with Gasteiger partial charge in [-0.25, -0.2) is 9.59 Å². The number of carboxylic acid groups (broad SMARTS) is 1. The molecule has 8 nitrogen and oxygen atoms in total. The van der Waals surface area contributed by atoms with Crippen molar-refractivity contribution in [2.45, 2.75) is 30.9 Å². The molecule has 3 rings (SSSR count). The predicted molar refractivity (Wildman–Crippen MR) is 123 cm³/mol. The van der Waals surface area contributed by atoms with Gasteiger partial charge in [0.2, 0.25) is 5.91 Å². The molecule has 2 amide bonds. The highest BCUT2D eigenvalue weighted by molar-refractivity contribution is 5.86. The number of carboxylic acids is 1. The SMILES string of the molecule is C=CCC(NC(=O)C(CCNC(=O)OCC1c2ccccc2-c2ccccc21)OC)C(=O)O. The molecule has 0 fully saturated rings. The van der Waals surface area contributed by atoms with E-state index in [-0.39, 0.29) is 31.9 Å². The van der Waals surface area contributed by atoms with Crippen LogP contribution >= 0.6 is 0 Å². The zero-order valence-corrected chi connectivity index (χ0v) is 18.5. The van der Waals surface area contributed by atoms with Gasteiger partial charge in [0.25, 0.3) is 0 Å². The predicted octanol–water partition coefficient (Wildman–Crippen LogP) is 3.08. The molecule has 0 aromatic heterocycles. The molecule has 0 spiro atoms. The Labute approximate surface area is 192 Å². The van der Waals surface area contributed by atoms with Gasteiger partial charge in [-0.3, -0.25) is 4.79 Å². The normalized spacial score (nSPS) is 13.8. The number of carbonyl (C=O) groups is 3. The number of nitrogens with one attached hydrogen (secondary N) is 2. The third-order valence-corrected chi connectivity index (χ3v) is 5.61. The maximum Gasteiger partial charge on any atom is 0.407 e. The van der Waals surface area contributed by atoms with Crippen LogP contribution in [0.1, 0.15) is 29.9 Å². The topological polar surface area (TPSA) is 114 Å². The fourth-order valence-electron chi connectivity index (χ4n) is 3.96. The summed E-state index contributed by atoms with van der Waals surface area (Å²) in [6, 6.07) is 15.0. The van der Waals surface area contributed by atoms with Gasteiger partial charge in [0, 0.05) is 26.0 Å². The molecule has 2 unspecified atom stereocenters. The van der Waals surface area contributed by atoms with Crippen molar-refractivity contribution in [1.29, 1.82) is 0 Å². The first-order chi connectivity index (χ1) is 16.0. The number of aliphatic carboxylic acids is 1. The number of benzene rings is 2. The Balaban J connectivity index is 1.49. The lowest BCUT2D eigenvalue weighted by molar-refractivity contribution is -0.143. The van der Waals surface area contributed by atoms with Crippen molar-refractivity contribution in [2.75, 3.05) is 20.3 Å². The van der Waals surface area contributed by atoms with Gasteiger partial charge in [0.15, 0.2) is 0 Å². The molecule has 0 aliphatic heterocycles. The molecule has 1 aliphatic rings. The number of fused-ring (bicyclic) bond motifs is 3. The summed E-state index contributed by atoms with van der Waals surface area (Å²) < 4.78 is 10.6. The van der Waals surface area contributed by atoms with Gasteiger partial charge in [-0.15, -0.1) is 6.58 Å². The van der Waals surface area contributed by atoms with E-state index in [2.05, 4.69) is 29.3 Å². The minimum absolute atomic E-state index is 0.0431. The van der Waals surface area contributed by atoms with Gasteiger partial charge in [0.05, 0.1) is 0 Å². The molecule has 0 saturated heterocycles. The summed E-state index contributed by atoms with van der Waals surface area (Å²) in [7, 11) is 1.35. The van der Waals surface area contributed by atoms with E-state index in [1.165, 1.54) is 13.2 Å². The van der Waals surface area contributed by atoms with E-state index in [9.17, 15) is 14.4 Å². The van der Waals surface area contributed by atoms with Crippen LogP contribution in [0.2, 0.25) is 0 Å². The van der Waals surface area contributed by atoms with Gasteiger partial charge in [-0.05, 0) is 28.7 Å². The molecule has 2 aromatic carbocycles. The molecule has 33 heavy (non-hydrogen) atoms. The van der Waals surface area contributed by atoms with Crippen LogP contribution in [0.5, 0.6) is 0 Å². The van der Waals surface area contributed by atoms with Crippen molar-refractivity contribution in [2.24, 2.45) is 0 Å². The average Bonchev–Trinajstić information content (AvgIpc) is 3.13. The smallest absolute Gasteiger partial charge is 0.407 e. The highest BCUT2D eigenvalue weighted by Gasteiger charge is 2.29. The first kappa shape index (κ1) is 24.0. The van der Waals surface area contributed by atoms with Crippen LogP contribution in [-0.4, -0.2) is 55.5 Å². The second-order valence-electron chi connectivity index (χ2n) is 7.69. The van der Waals surface area contributed by atoms with Crippen molar-refractivity contribution in [3.05, 3.63) is 72.3 Å². The molecule has 2 atom stereocenters. The monoisotopic (exact) mass is 452 g/mol. The highest BCUT2D eigenvalue weighted by Crippen LogP contribution is 2.44. The highest BCUT2D eigenvalue weighted by atomic mass is 16.5. The fourth-order valence-corrected chi connectivity index (χ4v) is 3.96. The largest absolute Gasteiger partial charge is 0.480 e. The molecular weight excluding hydrogens is 424 g/mol. The third-order valence-electron chi connectivity index (χ3n) is 5.61. The van der Waals surface area contributed by atoms with Crippen molar-refractivity contribution in [3.8, 4) is 11.1 Å². The number of alkyl carbamates (subject to hydrolysis) is 1. The minimum Gasteiger partial charge on any atom is -0.480 e. The van der Waals surface area contributed by atoms with E-state index in [1.54, 1.807) is 0 Å². The second kappa shape index (κ2) is 11.3. The lowest BCUT2D eigenvalue weighted by Crippen LogP contribution is -2.46. The van der Waals surface area contributed by atoms with Crippen LogP contribution in [-0.2, 0) is 19.1 Å². The third kappa shape index (κ3) is 5.78. The number of ether oxygens (including phenoxy) is 2. The molecule has 3 N–H and O–H groups in total. The van der Waals surface area contributed by atoms with E-state index in [0.29, 0.717) is 0 Å². The van der Waals surface area contributed by atoms with Gasteiger partial charge < -0.3 is 25.2 Å². The first-order valence-corrected chi connectivity index (χ1v) is 10.7. The quantitative estimate of drug-likeness (QED) is 0.452. The van der Waals surface area contributed by atoms with Crippen molar-refractivity contribution < 1.29 is 29.0 Å². The van der Waals surface area contributed by atoms with Gasteiger partial charge in [0.1, 0.15) is 18.8 Å². The fraction of sp³-hybridized carbons (Fsp3) is 0.320. The molecule has 8 heteroatoms. The summed E-state index contributed by atoms with van der Waals surface area (Å²) in [6.07, 6.45) is 0.162. The van der Waals surface area contributed by atoms with Crippen LogP contribution in [0, 0.1) is 0 Å². The summed E-state index contributed by atoms with van der Waals surface area (Å²) in [5.74, 6) is -1.77. The Hall–Kier alpha value is -3.65. The number of amides is 2. The molecule has 1 aliphatic carbocycles. The van der Waals surface area contributed by atoms with E-state index in [4.69, 9.17) is 14.6 Å². The summed E-state index contributed by atoms with van der Waals surface area (Å²) in [5.41, 5.74) is 4.53. The lowest BCUT2D eigenvalue weighted by Gasteiger charge is -2.19. The lowest BCUT2D eigenvalue weighted by atomic mass is 9.98. The van der Waals surface area contributed by atoms with Crippen LogP contribution in [0.3, 0.4) is 0 Å². The molecule has 174 valence electrons. The van der Waals surface area contributed by atoms with E-state index < -0.39 is 30.1 Å². The van der Waals surface area contributed by atoms with Crippen LogP contribution in [0.15, 0.2) is 61.2 Å². The molecule has 0 radical (unpaired) electrons. The summed E-state index contributed by atoms with van der Waals surface area (Å²) in [6.45, 7) is 3.81. The van der Waals surface area contributed by atoms with E-state index in [1.807, 2.05) is 36.4 Å². The van der Waals surface area contributed by atoms with Gasteiger partial charge >= 0.3 is 12.1 Å². The summed E-state index contributed by atoms with van der Waals surface area (Å²) >= 11 is 0. The Morgan fingerprint density at radius 3 is 2.24 bits per heavy atom. The summed E-state index contributed by atoms with van der Waals surface area (Å²) in [4.78, 5) is 35.7. The number of rotatable bonds is 11.